The van der Waals surface area contributed by atoms with Gasteiger partial charge in [0.15, 0.2) is 11.6 Å². The van der Waals surface area contributed by atoms with E-state index in [0.29, 0.717) is 25.0 Å². The van der Waals surface area contributed by atoms with Crippen molar-refractivity contribution in [3.05, 3.63) is 35.4 Å². The average molecular weight is 335 g/mol. The minimum absolute atomic E-state index is 0. The third-order valence-electron chi connectivity index (χ3n) is 3.63. The Kier molecular flexibility index (Phi) is 7.19. The number of nitrogens with two attached hydrogens (primary N) is 1. The summed E-state index contributed by atoms with van der Waals surface area (Å²) in [5.41, 5.74) is 6.29. The van der Waals surface area contributed by atoms with Crippen molar-refractivity contribution in [3.8, 4) is 0 Å². The maximum atomic E-state index is 13.3. The summed E-state index contributed by atoms with van der Waals surface area (Å²) >= 11 is 0. The molecule has 7 heteroatoms. The van der Waals surface area contributed by atoms with Gasteiger partial charge in [0.1, 0.15) is 6.10 Å². The highest BCUT2D eigenvalue weighted by molar-refractivity contribution is 5.85. The van der Waals surface area contributed by atoms with E-state index in [1.54, 1.807) is 0 Å². The molecule has 2 rings (SSSR count). The van der Waals surface area contributed by atoms with Gasteiger partial charge in [0, 0.05) is 6.61 Å². The van der Waals surface area contributed by atoms with Gasteiger partial charge in [-0.1, -0.05) is 19.4 Å². The smallest absolute Gasteiger partial charge is 0.237 e. The summed E-state index contributed by atoms with van der Waals surface area (Å²) in [5, 5.41) is 2.84. The van der Waals surface area contributed by atoms with Gasteiger partial charge in [-0.2, -0.15) is 0 Å². The van der Waals surface area contributed by atoms with Crippen LogP contribution >= 0.6 is 12.4 Å². The second-order valence-electron chi connectivity index (χ2n) is 5.26. The third kappa shape index (κ3) is 4.38. The Morgan fingerprint density at radius 1 is 1.45 bits per heavy atom. The summed E-state index contributed by atoms with van der Waals surface area (Å²) in [4.78, 5) is 12.0. The van der Waals surface area contributed by atoms with E-state index in [-0.39, 0.29) is 24.4 Å². The number of carbonyl (C=O) groups is 1. The molecule has 1 heterocycles. The summed E-state index contributed by atoms with van der Waals surface area (Å²) in [5.74, 6) is -2.06. The molecule has 1 aromatic rings. The molecule has 3 atom stereocenters. The van der Waals surface area contributed by atoms with Crippen LogP contribution in [-0.2, 0) is 9.53 Å². The lowest BCUT2D eigenvalue weighted by Crippen LogP contribution is -2.46. The first-order valence-corrected chi connectivity index (χ1v) is 7.15. The molecule has 22 heavy (non-hydrogen) atoms. The van der Waals surface area contributed by atoms with E-state index < -0.39 is 23.8 Å². The van der Waals surface area contributed by atoms with Crippen LogP contribution in [0.15, 0.2) is 18.2 Å². The van der Waals surface area contributed by atoms with E-state index in [4.69, 9.17) is 10.5 Å². The molecule has 0 spiro atoms. The van der Waals surface area contributed by atoms with Crippen LogP contribution in [0.2, 0.25) is 0 Å². The number of halogens is 3. The summed E-state index contributed by atoms with van der Waals surface area (Å²) < 4.78 is 31.8. The van der Waals surface area contributed by atoms with E-state index in [1.807, 2.05) is 6.92 Å². The molecule has 0 saturated carbocycles. The molecule has 0 bridgehead atoms. The monoisotopic (exact) mass is 334 g/mol. The number of hydrogen-bond donors (Lipinski definition) is 2. The number of nitrogens with one attached hydrogen (secondary N) is 1. The maximum Gasteiger partial charge on any atom is 0.237 e. The molecule has 4 nitrogen and oxygen atoms in total. The predicted molar refractivity (Wildman–Crippen MR) is 81.7 cm³/mol. The zero-order chi connectivity index (χ0) is 15.4. The van der Waals surface area contributed by atoms with Gasteiger partial charge in [-0.05, 0) is 30.5 Å². The topological polar surface area (TPSA) is 64.4 Å². The SMILES string of the molecule is CCCC(N)C(=O)NC1CCOC1c1ccc(F)c(F)c1.Cl. The summed E-state index contributed by atoms with van der Waals surface area (Å²) in [7, 11) is 0. The normalized spacial score (nSPS) is 22.0. The Morgan fingerprint density at radius 3 is 2.82 bits per heavy atom. The van der Waals surface area contributed by atoms with E-state index in [2.05, 4.69) is 5.32 Å². The highest BCUT2D eigenvalue weighted by atomic mass is 35.5. The van der Waals surface area contributed by atoms with Crippen LogP contribution in [0.4, 0.5) is 8.78 Å². The van der Waals surface area contributed by atoms with Gasteiger partial charge in [0.25, 0.3) is 0 Å². The Balaban J connectivity index is 0.00000242. The zero-order valence-electron chi connectivity index (χ0n) is 12.4. The molecule has 0 aromatic heterocycles. The van der Waals surface area contributed by atoms with Crippen molar-refractivity contribution < 1.29 is 18.3 Å². The Morgan fingerprint density at radius 2 is 2.18 bits per heavy atom. The fourth-order valence-electron chi connectivity index (χ4n) is 2.49. The zero-order valence-corrected chi connectivity index (χ0v) is 13.2. The number of ether oxygens (including phenoxy) is 1. The fraction of sp³-hybridized carbons (Fsp3) is 0.533. The van der Waals surface area contributed by atoms with Crippen molar-refractivity contribution in [2.75, 3.05) is 6.61 Å². The van der Waals surface area contributed by atoms with Gasteiger partial charge in [-0.25, -0.2) is 8.78 Å². The first-order chi connectivity index (χ1) is 10.0. The molecule has 1 aromatic carbocycles. The van der Waals surface area contributed by atoms with E-state index in [1.165, 1.54) is 6.07 Å². The van der Waals surface area contributed by atoms with Crippen LogP contribution in [0.5, 0.6) is 0 Å². The van der Waals surface area contributed by atoms with Crippen LogP contribution < -0.4 is 11.1 Å². The minimum Gasteiger partial charge on any atom is -0.371 e. The van der Waals surface area contributed by atoms with E-state index in [9.17, 15) is 13.6 Å². The van der Waals surface area contributed by atoms with Crippen LogP contribution in [0.1, 0.15) is 37.9 Å². The van der Waals surface area contributed by atoms with Gasteiger partial charge in [0.05, 0.1) is 12.1 Å². The van der Waals surface area contributed by atoms with Crippen molar-refractivity contribution in [3.63, 3.8) is 0 Å². The number of amides is 1. The van der Waals surface area contributed by atoms with Crippen LogP contribution in [-0.4, -0.2) is 24.6 Å². The van der Waals surface area contributed by atoms with Crippen molar-refractivity contribution >= 4 is 18.3 Å². The molecule has 0 radical (unpaired) electrons. The second-order valence-corrected chi connectivity index (χ2v) is 5.26. The first kappa shape index (κ1) is 18.8. The second kappa shape index (κ2) is 8.41. The van der Waals surface area contributed by atoms with Crippen LogP contribution in [0, 0.1) is 11.6 Å². The van der Waals surface area contributed by atoms with Gasteiger partial charge < -0.3 is 15.8 Å². The molecular weight excluding hydrogens is 314 g/mol. The molecule has 3 N–H and O–H groups in total. The quantitative estimate of drug-likeness (QED) is 0.869. The fourth-order valence-corrected chi connectivity index (χ4v) is 2.49. The lowest BCUT2D eigenvalue weighted by molar-refractivity contribution is -0.123. The molecule has 1 aliphatic rings. The number of carbonyl (C=O) groups excluding carboxylic acids is 1. The summed E-state index contributed by atoms with van der Waals surface area (Å²) in [6.07, 6.45) is 1.57. The molecule has 1 fully saturated rings. The first-order valence-electron chi connectivity index (χ1n) is 7.15. The molecule has 1 saturated heterocycles. The number of hydrogen-bond acceptors (Lipinski definition) is 3. The molecule has 1 aliphatic heterocycles. The summed E-state index contributed by atoms with van der Waals surface area (Å²) in [6.45, 7) is 2.41. The summed E-state index contributed by atoms with van der Waals surface area (Å²) in [6, 6.07) is 2.82. The van der Waals surface area contributed by atoms with Gasteiger partial charge in [-0.15, -0.1) is 12.4 Å². The largest absolute Gasteiger partial charge is 0.371 e. The molecule has 1 amide bonds. The molecular formula is C15H21ClF2N2O2. The number of rotatable bonds is 5. The highest BCUT2D eigenvalue weighted by Gasteiger charge is 2.32. The molecule has 3 unspecified atom stereocenters. The highest BCUT2D eigenvalue weighted by Crippen LogP contribution is 2.30. The van der Waals surface area contributed by atoms with Crippen molar-refractivity contribution in [2.45, 2.75) is 44.4 Å². The van der Waals surface area contributed by atoms with E-state index in [0.717, 1.165) is 18.6 Å². The van der Waals surface area contributed by atoms with Crippen LogP contribution in [0.3, 0.4) is 0 Å². The van der Waals surface area contributed by atoms with Crippen molar-refractivity contribution in [1.82, 2.24) is 5.32 Å². The Hall–Kier alpha value is -1.24. The standard InChI is InChI=1S/C15H20F2N2O2.ClH/c1-2-3-12(18)15(20)19-13-6-7-21-14(13)9-4-5-10(16)11(17)8-9;/h4-5,8,12-14H,2-3,6-7,18H2,1H3,(H,19,20);1H. The Labute approximate surface area is 134 Å². The minimum atomic E-state index is -0.921. The van der Waals surface area contributed by atoms with Gasteiger partial charge >= 0.3 is 0 Å². The lowest BCUT2D eigenvalue weighted by Gasteiger charge is -2.22. The average Bonchev–Trinajstić information content (AvgIpc) is 2.90. The van der Waals surface area contributed by atoms with E-state index >= 15 is 0 Å². The Bertz CT molecular complexity index is 516. The van der Waals surface area contributed by atoms with Crippen molar-refractivity contribution in [1.29, 1.82) is 0 Å². The van der Waals surface area contributed by atoms with Gasteiger partial charge in [-0.3, -0.25) is 4.79 Å². The van der Waals surface area contributed by atoms with Crippen molar-refractivity contribution in [2.24, 2.45) is 5.73 Å². The molecule has 0 aliphatic carbocycles. The lowest BCUT2D eigenvalue weighted by atomic mass is 10.0. The third-order valence-corrected chi connectivity index (χ3v) is 3.63. The maximum absolute atomic E-state index is 13.3. The predicted octanol–water partition coefficient (Wildman–Crippen LogP) is 2.46. The van der Waals surface area contributed by atoms with Gasteiger partial charge in [0.2, 0.25) is 5.91 Å². The van der Waals surface area contributed by atoms with Crippen LogP contribution in [0.25, 0.3) is 0 Å². The number of benzene rings is 1. The molecule has 124 valence electrons.